The third kappa shape index (κ3) is 3.36. The van der Waals surface area contributed by atoms with E-state index in [1.165, 1.54) is 24.3 Å². The highest BCUT2D eigenvalue weighted by Gasteiger charge is 2.28. The summed E-state index contributed by atoms with van der Waals surface area (Å²) in [5.74, 6) is -0.460. The lowest BCUT2D eigenvalue weighted by atomic mass is 9.88. The van der Waals surface area contributed by atoms with E-state index in [1.807, 2.05) is 4.90 Å². The van der Waals surface area contributed by atoms with Gasteiger partial charge >= 0.3 is 0 Å². The Balaban J connectivity index is 1.75. The van der Waals surface area contributed by atoms with Crippen molar-refractivity contribution in [3.8, 4) is 12.1 Å². The van der Waals surface area contributed by atoms with E-state index in [2.05, 4.69) is 12.1 Å². The van der Waals surface area contributed by atoms with E-state index in [1.54, 1.807) is 18.2 Å². The number of Topliss-reactive ketones (excluding diaryl/α,β-unsaturated/α-hetero) is 1. The number of nitrogens with zero attached hydrogens (tertiary/aromatic N) is 3. The van der Waals surface area contributed by atoms with E-state index in [0.717, 1.165) is 0 Å². The third-order valence-electron chi connectivity index (χ3n) is 4.59. The summed E-state index contributed by atoms with van der Waals surface area (Å²) in [6.45, 7) is 1.20. The first-order chi connectivity index (χ1) is 12.1. The first kappa shape index (κ1) is 16.7. The number of rotatable bonds is 3. The molecule has 0 N–H and O–H groups in total. The van der Waals surface area contributed by atoms with Crippen molar-refractivity contribution in [2.75, 3.05) is 18.0 Å². The van der Waals surface area contributed by atoms with E-state index in [-0.39, 0.29) is 17.5 Å². The van der Waals surface area contributed by atoms with Gasteiger partial charge in [0.1, 0.15) is 18.0 Å². The van der Waals surface area contributed by atoms with Crippen LogP contribution < -0.4 is 4.90 Å². The lowest BCUT2D eigenvalue weighted by Crippen LogP contribution is -2.37. The van der Waals surface area contributed by atoms with Crippen molar-refractivity contribution in [3.63, 3.8) is 0 Å². The van der Waals surface area contributed by atoms with Gasteiger partial charge in [-0.25, -0.2) is 4.39 Å². The van der Waals surface area contributed by atoms with Crippen molar-refractivity contribution < 1.29 is 9.18 Å². The Labute approximate surface area is 145 Å². The number of anilines is 1. The first-order valence-electron chi connectivity index (χ1n) is 8.12. The zero-order valence-corrected chi connectivity index (χ0v) is 13.6. The normalized spacial score (nSPS) is 14.6. The molecular weight excluding hydrogens is 317 g/mol. The van der Waals surface area contributed by atoms with Gasteiger partial charge in [0.2, 0.25) is 0 Å². The van der Waals surface area contributed by atoms with Crippen LogP contribution in [0, 0.1) is 34.4 Å². The maximum Gasteiger partial charge on any atom is 0.166 e. The van der Waals surface area contributed by atoms with Crippen molar-refractivity contribution in [1.82, 2.24) is 0 Å². The second-order valence-corrected chi connectivity index (χ2v) is 6.06. The number of carbonyl (C=O) groups is 1. The lowest BCUT2D eigenvalue weighted by molar-refractivity contribution is 0.0900. The monoisotopic (exact) mass is 333 g/mol. The fourth-order valence-corrected chi connectivity index (χ4v) is 3.28. The van der Waals surface area contributed by atoms with Crippen molar-refractivity contribution in [2.45, 2.75) is 12.8 Å². The minimum absolute atomic E-state index is 0.0220. The first-order valence-corrected chi connectivity index (χ1v) is 8.12. The molecule has 2 aromatic rings. The predicted octanol–water partition coefficient (Wildman–Crippen LogP) is 3.67. The van der Waals surface area contributed by atoms with Gasteiger partial charge in [-0.15, -0.1) is 0 Å². The van der Waals surface area contributed by atoms with Gasteiger partial charge in [-0.3, -0.25) is 4.79 Å². The molecule has 5 heteroatoms. The fourth-order valence-electron chi connectivity index (χ4n) is 3.28. The van der Waals surface area contributed by atoms with Gasteiger partial charge < -0.3 is 4.90 Å². The standard InChI is InChI=1S/C20H16FN3O/c21-18-6-4-14(5-7-18)20(25)15-8-10-24(11-9-15)19-16(12-22)2-1-3-17(19)13-23/h1-7,15H,8-11H2. The summed E-state index contributed by atoms with van der Waals surface area (Å²) >= 11 is 0. The Morgan fingerprint density at radius 3 is 2.08 bits per heavy atom. The van der Waals surface area contributed by atoms with E-state index < -0.39 is 0 Å². The van der Waals surface area contributed by atoms with Crippen LogP contribution in [-0.2, 0) is 0 Å². The molecule has 4 nitrogen and oxygen atoms in total. The number of nitriles is 2. The molecule has 0 amide bonds. The van der Waals surface area contributed by atoms with Gasteiger partial charge in [-0.1, -0.05) is 6.07 Å². The summed E-state index contributed by atoms with van der Waals surface area (Å²) in [6.07, 6.45) is 1.28. The average Bonchev–Trinajstić information content (AvgIpc) is 2.67. The number of hydrogen-bond donors (Lipinski definition) is 0. The van der Waals surface area contributed by atoms with Gasteiger partial charge in [-0.05, 0) is 49.2 Å². The fraction of sp³-hybridized carbons (Fsp3) is 0.250. The van der Waals surface area contributed by atoms with Gasteiger partial charge in [0.15, 0.2) is 5.78 Å². The quantitative estimate of drug-likeness (QED) is 0.804. The largest absolute Gasteiger partial charge is 0.369 e. The van der Waals surface area contributed by atoms with Crippen LogP contribution in [0.5, 0.6) is 0 Å². The molecule has 1 aliphatic heterocycles. The molecule has 0 atom stereocenters. The van der Waals surface area contributed by atoms with Crippen molar-refractivity contribution in [1.29, 1.82) is 10.5 Å². The van der Waals surface area contributed by atoms with E-state index in [4.69, 9.17) is 0 Å². The highest BCUT2D eigenvalue weighted by molar-refractivity contribution is 5.98. The molecule has 0 aromatic heterocycles. The van der Waals surface area contributed by atoms with Crippen LogP contribution >= 0.6 is 0 Å². The molecule has 124 valence electrons. The Morgan fingerprint density at radius 1 is 1.00 bits per heavy atom. The molecule has 0 saturated carbocycles. The van der Waals surface area contributed by atoms with Crippen LogP contribution in [0.1, 0.15) is 34.3 Å². The van der Waals surface area contributed by atoms with Crippen LogP contribution in [0.15, 0.2) is 42.5 Å². The molecule has 1 saturated heterocycles. The molecule has 2 aromatic carbocycles. The number of hydrogen-bond acceptors (Lipinski definition) is 4. The number of piperidine rings is 1. The number of benzene rings is 2. The number of carbonyl (C=O) groups excluding carboxylic acids is 1. The van der Waals surface area contributed by atoms with Crippen LogP contribution in [-0.4, -0.2) is 18.9 Å². The predicted molar refractivity (Wildman–Crippen MR) is 91.5 cm³/mol. The summed E-state index contributed by atoms with van der Waals surface area (Å²) in [4.78, 5) is 14.6. The number of para-hydroxylation sites is 1. The van der Waals surface area contributed by atoms with Crippen LogP contribution in [0.2, 0.25) is 0 Å². The van der Waals surface area contributed by atoms with E-state index in [9.17, 15) is 19.7 Å². The van der Waals surface area contributed by atoms with Crippen LogP contribution in [0.25, 0.3) is 0 Å². The SMILES string of the molecule is N#Cc1cccc(C#N)c1N1CCC(C(=O)c2ccc(F)cc2)CC1. The molecule has 25 heavy (non-hydrogen) atoms. The minimum Gasteiger partial charge on any atom is -0.369 e. The Bertz CT molecular complexity index is 837. The highest BCUT2D eigenvalue weighted by Crippen LogP contribution is 2.30. The van der Waals surface area contributed by atoms with Crippen molar-refractivity contribution in [3.05, 3.63) is 65.0 Å². The smallest absolute Gasteiger partial charge is 0.166 e. The van der Waals surface area contributed by atoms with Crippen molar-refractivity contribution in [2.24, 2.45) is 5.92 Å². The molecule has 0 aliphatic carbocycles. The topological polar surface area (TPSA) is 67.9 Å². The molecule has 1 heterocycles. The molecule has 0 spiro atoms. The molecule has 1 aliphatic rings. The molecule has 0 unspecified atom stereocenters. The van der Waals surface area contributed by atoms with E-state index in [0.29, 0.717) is 48.3 Å². The van der Waals surface area contributed by atoms with Crippen LogP contribution in [0.3, 0.4) is 0 Å². The summed E-state index contributed by atoms with van der Waals surface area (Å²) in [5, 5.41) is 18.6. The third-order valence-corrected chi connectivity index (χ3v) is 4.59. The second kappa shape index (κ2) is 7.15. The summed E-state index contributed by atoms with van der Waals surface area (Å²) in [6, 6.07) is 15.0. The van der Waals surface area contributed by atoms with E-state index >= 15 is 0 Å². The average molecular weight is 333 g/mol. The maximum atomic E-state index is 13.0. The Kier molecular flexibility index (Phi) is 4.77. The summed E-state index contributed by atoms with van der Waals surface area (Å²) in [7, 11) is 0. The summed E-state index contributed by atoms with van der Waals surface area (Å²) in [5.41, 5.74) is 2.12. The number of ketones is 1. The van der Waals surface area contributed by atoms with Gasteiger partial charge in [0.05, 0.1) is 16.8 Å². The van der Waals surface area contributed by atoms with Crippen LogP contribution in [0.4, 0.5) is 10.1 Å². The zero-order chi connectivity index (χ0) is 17.8. The molecular formula is C20H16FN3O. The van der Waals surface area contributed by atoms with Gasteiger partial charge in [0, 0.05) is 24.6 Å². The highest BCUT2D eigenvalue weighted by atomic mass is 19.1. The molecule has 1 fully saturated rings. The van der Waals surface area contributed by atoms with Gasteiger partial charge in [-0.2, -0.15) is 10.5 Å². The molecule has 0 bridgehead atoms. The Hall–Kier alpha value is -3.18. The Morgan fingerprint density at radius 2 is 1.56 bits per heavy atom. The van der Waals surface area contributed by atoms with Gasteiger partial charge in [0.25, 0.3) is 0 Å². The minimum atomic E-state index is -0.358. The second-order valence-electron chi connectivity index (χ2n) is 6.06. The molecule has 0 radical (unpaired) electrons. The lowest BCUT2D eigenvalue weighted by Gasteiger charge is -2.34. The van der Waals surface area contributed by atoms with Crippen molar-refractivity contribution >= 4 is 11.5 Å². The molecule has 3 rings (SSSR count). The maximum absolute atomic E-state index is 13.0. The number of halogens is 1. The zero-order valence-electron chi connectivity index (χ0n) is 13.6. The summed E-state index contributed by atoms with van der Waals surface area (Å²) < 4.78 is 13.0.